The smallest absolute Gasteiger partial charge is 0.325 e. The van der Waals surface area contributed by atoms with Crippen molar-refractivity contribution < 1.29 is 4.42 Å². The first-order valence-electron chi connectivity index (χ1n) is 8.93. The summed E-state index contributed by atoms with van der Waals surface area (Å²) in [6.07, 6.45) is 1.39. The van der Waals surface area contributed by atoms with E-state index in [0.29, 0.717) is 22.6 Å². The number of aliphatic imine (C=N–C) groups is 1. The second-order valence-electron chi connectivity index (χ2n) is 6.59. The number of hydrogen-bond donors (Lipinski definition) is 0. The molecule has 0 aliphatic rings. The second kappa shape index (κ2) is 7.56. The van der Waals surface area contributed by atoms with E-state index in [2.05, 4.69) is 43.1 Å². The Hall–Kier alpha value is -4.39. The fraction of sp³-hybridized carbons (Fsp3) is 0.150. The molecule has 0 fully saturated rings. The molecule has 0 atom stereocenters. The van der Waals surface area contributed by atoms with Gasteiger partial charge in [0.2, 0.25) is 5.82 Å². The maximum absolute atomic E-state index is 9.47. The maximum Gasteiger partial charge on any atom is 0.325 e. The Morgan fingerprint density at radius 2 is 2.00 bits per heavy atom. The number of nitriles is 1. The molecule has 10 nitrogen and oxygen atoms in total. The van der Waals surface area contributed by atoms with Gasteiger partial charge in [-0.2, -0.15) is 20.0 Å². The molecule has 0 amide bonds. The van der Waals surface area contributed by atoms with Gasteiger partial charge in [-0.15, -0.1) is 10.2 Å². The number of rotatable bonds is 5. The fourth-order valence-corrected chi connectivity index (χ4v) is 2.80. The number of pyridine rings is 1. The van der Waals surface area contributed by atoms with Crippen molar-refractivity contribution in [3.63, 3.8) is 0 Å². The van der Waals surface area contributed by atoms with E-state index in [9.17, 15) is 5.26 Å². The molecule has 0 N–H and O–H groups in total. The number of aromatic nitrogens is 4. The van der Waals surface area contributed by atoms with Crippen molar-refractivity contribution >= 4 is 41.0 Å². The lowest BCUT2D eigenvalue weighted by Gasteiger charge is -2.13. The molecular formula is C20H17N9O. The standard InChI is InChI=1S/C20H17N9O/c1-12-9-16(28(3)4)25-18(22-2)17(12)26-27-19-13(10-21)11-23-29(19)20-24-14-7-5-6-8-15(14)30-20/h5-9,11H,2H2,1,3-4H3. The maximum atomic E-state index is 9.47. The highest BCUT2D eigenvalue weighted by Gasteiger charge is 2.18. The third-order valence-electron chi connectivity index (χ3n) is 4.33. The van der Waals surface area contributed by atoms with Crippen LogP contribution in [-0.4, -0.2) is 40.6 Å². The van der Waals surface area contributed by atoms with E-state index in [4.69, 9.17) is 4.42 Å². The Morgan fingerprint density at radius 1 is 1.20 bits per heavy atom. The Balaban J connectivity index is 1.81. The van der Waals surface area contributed by atoms with Crippen LogP contribution in [0.15, 0.2) is 56.2 Å². The van der Waals surface area contributed by atoms with Crippen LogP contribution in [0.4, 0.5) is 23.1 Å². The van der Waals surface area contributed by atoms with Crippen molar-refractivity contribution in [1.29, 1.82) is 5.26 Å². The van der Waals surface area contributed by atoms with Gasteiger partial charge in [-0.25, -0.2) is 9.98 Å². The number of fused-ring (bicyclic) bond motifs is 1. The van der Waals surface area contributed by atoms with Gasteiger partial charge in [-0.3, -0.25) is 0 Å². The average Bonchev–Trinajstić information content (AvgIpc) is 3.35. The van der Waals surface area contributed by atoms with Gasteiger partial charge in [0.25, 0.3) is 0 Å². The number of nitrogens with zero attached hydrogens (tertiary/aromatic N) is 9. The summed E-state index contributed by atoms with van der Waals surface area (Å²) in [6, 6.07) is 11.4. The number of oxazole rings is 1. The summed E-state index contributed by atoms with van der Waals surface area (Å²) in [6.45, 7) is 5.45. The molecule has 1 aromatic carbocycles. The Kier molecular flexibility index (Phi) is 4.77. The Bertz CT molecular complexity index is 1290. The van der Waals surface area contributed by atoms with Crippen molar-refractivity contribution in [2.45, 2.75) is 6.92 Å². The quantitative estimate of drug-likeness (QED) is 0.362. The van der Waals surface area contributed by atoms with Crippen molar-refractivity contribution in [2.24, 2.45) is 15.2 Å². The third-order valence-corrected chi connectivity index (χ3v) is 4.33. The summed E-state index contributed by atoms with van der Waals surface area (Å²) in [5, 5.41) is 22.2. The molecule has 0 aliphatic heterocycles. The summed E-state index contributed by atoms with van der Waals surface area (Å²) in [5.41, 5.74) is 2.75. The predicted octanol–water partition coefficient (Wildman–Crippen LogP) is 4.40. The fourth-order valence-electron chi connectivity index (χ4n) is 2.80. The van der Waals surface area contributed by atoms with Gasteiger partial charge in [0.1, 0.15) is 28.7 Å². The lowest BCUT2D eigenvalue weighted by atomic mass is 10.2. The number of hydrogen-bond acceptors (Lipinski definition) is 9. The molecule has 4 rings (SSSR count). The molecule has 3 heterocycles. The third kappa shape index (κ3) is 3.29. The Labute approximate surface area is 171 Å². The van der Waals surface area contributed by atoms with Crippen LogP contribution in [-0.2, 0) is 0 Å². The van der Waals surface area contributed by atoms with Crippen LogP contribution in [0, 0.1) is 18.3 Å². The van der Waals surface area contributed by atoms with Crippen LogP contribution in [0.1, 0.15) is 11.1 Å². The van der Waals surface area contributed by atoms with E-state index in [1.807, 2.05) is 50.2 Å². The molecule has 3 aromatic heterocycles. The molecular weight excluding hydrogens is 382 g/mol. The van der Waals surface area contributed by atoms with Gasteiger partial charge in [0, 0.05) is 14.1 Å². The van der Waals surface area contributed by atoms with Gasteiger partial charge >= 0.3 is 6.01 Å². The molecule has 0 unspecified atom stereocenters. The van der Waals surface area contributed by atoms with Gasteiger partial charge in [0.15, 0.2) is 11.4 Å². The number of anilines is 1. The molecule has 10 heteroatoms. The topological polar surface area (TPSA) is 121 Å². The Morgan fingerprint density at radius 3 is 2.70 bits per heavy atom. The molecule has 0 saturated heterocycles. The first-order chi connectivity index (χ1) is 14.5. The van der Waals surface area contributed by atoms with Gasteiger partial charge < -0.3 is 9.32 Å². The highest BCUT2D eigenvalue weighted by atomic mass is 16.4. The number of azo groups is 1. The van der Waals surface area contributed by atoms with Crippen LogP contribution in [0.5, 0.6) is 0 Å². The summed E-state index contributed by atoms with van der Waals surface area (Å²) in [5.74, 6) is 1.26. The number of aryl methyl sites for hydroxylation is 1. The van der Waals surface area contributed by atoms with Gasteiger partial charge in [0.05, 0.1) is 6.20 Å². The zero-order chi connectivity index (χ0) is 21.3. The van der Waals surface area contributed by atoms with Crippen molar-refractivity contribution in [3.05, 3.63) is 47.7 Å². The van der Waals surface area contributed by atoms with E-state index < -0.39 is 0 Å². The largest absolute Gasteiger partial charge is 0.422 e. The summed E-state index contributed by atoms with van der Waals surface area (Å²) in [7, 11) is 3.77. The SMILES string of the molecule is C=Nc1nc(N(C)C)cc(C)c1N=Nc1c(C#N)cnn1-c1nc2ccccc2o1. The van der Waals surface area contributed by atoms with Crippen LogP contribution in [0.3, 0.4) is 0 Å². The molecule has 148 valence electrons. The zero-order valence-electron chi connectivity index (χ0n) is 16.6. The monoisotopic (exact) mass is 399 g/mol. The van der Waals surface area contributed by atoms with E-state index in [-0.39, 0.29) is 17.4 Å². The van der Waals surface area contributed by atoms with Crippen LogP contribution in [0.2, 0.25) is 0 Å². The number of para-hydroxylation sites is 2. The van der Waals surface area contributed by atoms with Crippen LogP contribution >= 0.6 is 0 Å². The molecule has 0 aliphatic carbocycles. The second-order valence-corrected chi connectivity index (χ2v) is 6.59. The molecule has 0 radical (unpaired) electrons. The minimum Gasteiger partial charge on any atom is -0.422 e. The van der Waals surface area contributed by atoms with Crippen LogP contribution < -0.4 is 4.90 Å². The zero-order valence-corrected chi connectivity index (χ0v) is 16.6. The molecule has 30 heavy (non-hydrogen) atoms. The van der Waals surface area contributed by atoms with Gasteiger partial charge in [-0.1, -0.05) is 12.1 Å². The molecule has 4 aromatic rings. The predicted molar refractivity (Wildman–Crippen MR) is 113 cm³/mol. The highest BCUT2D eigenvalue weighted by molar-refractivity contribution is 5.73. The van der Waals surface area contributed by atoms with E-state index >= 15 is 0 Å². The molecule has 0 saturated carbocycles. The lowest BCUT2D eigenvalue weighted by Crippen LogP contribution is -2.10. The van der Waals surface area contributed by atoms with E-state index in [0.717, 1.165) is 11.4 Å². The lowest BCUT2D eigenvalue weighted by molar-refractivity contribution is 0.544. The van der Waals surface area contributed by atoms with Crippen molar-refractivity contribution in [1.82, 2.24) is 19.7 Å². The van der Waals surface area contributed by atoms with Crippen LogP contribution in [0.25, 0.3) is 17.1 Å². The normalized spacial score (nSPS) is 11.1. The van der Waals surface area contributed by atoms with E-state index in [1.165, 1.54) is 10.9 Å². The summed E-state index contributed by atoms with van der Waals surface area (Å²) in [4.78, 5) is 14.7. The minimum atomic E-state index is 0.187. The van der Waals surface area contributed by atoms with Crippen molar-refractivity contribution in [2.75, 3.05) is 19.0 Å². The molecule has 0 spiro atoms. The minimum absolute atomic E-state index is 0.187. The average molecular weight is 399 g/mol. The molecule has 0 bridgehead atoms. The number of benzene rings is 1. The van der Waals surface area contributed by atoms with E-state index in [1.54, 1.807) is 6.07 Å². The summed E-state index contributed by atoms with van der Waals surface area (Å²) < 4.78 is 7.08. The summed E-state index contributed by atoms with van der Waals surface area (Å²) >= 11 is 0. The highest BCUT2D eigenvalue weighted by Crippen LogP contribution is 2.34. The van der Waals surface area contributed by atoms with Crippen molar-refractivity contribution in [3.8, 4) is 12.1 Å². The first-order valence-corrected chi connectivity index (χ1v) is 8.93. The van der Waals surface area contributed by atoms with Gasteiger partial charge in [-0.05, 0) is 37.4 Å². The first kappa shape index (κ1) is 18.9.